The van der Waals surface area contributed by atoms with Crippen LogP contribution in [-0.2, 0) is 4.79 Å². The predicted octanol–water partition coefficient (Wildman–Crippen LogP) is 2.67. The molecule has 2 aromatic rings. The second kappa shape index (κ2) is 8.39. The summed E-state index contributed by atoms with van der Waals surface area (Å²) in [5.41, 5.74) is -0.0677. The van der Waals surface area contributed by atoms with Gasteiger partial charge in [-0.2, -0.15) is 0 Å². The average Bonchev–Trinajstić information content (AvgIpc) is 2.60. The van der Waals surface area contributed by atoms with Crippen molar-refractivity contribution in [3.05, 3.63) is 60.7 Å². The Balaban J connectivity index is 2.01. The van der Waals surface area contributed by atoms with Crippen molar-refractivity contribution >= 4 is 17.6 Å². The quantitative estimate of drug-likeness (QED) is 0.503. The summed E-state index contributed by atoms with van der Waals surface area (Å²) in [5.74, 6) is -1.13. The Morgan fingerprint density at radius 2 is 1.80 bits per heavy atom. The summed E-state index contributed by atoms with van der Waals surface area (Å²) >= 11 is 0. The zero-order valence-corrected chi connectivity index (χ0v) is 13.3. The highest BCUT2D eigenvalue weighted by Gasteiger charge is 2.12. The summed E-state index contributed by atoms with van der Waals surface area (Å²) < 4.78 is 10.8. The molecule has 0 aliphatic carbocycles. The van der Waals surface area contributed by atoms with Crippen LogP contribution >= 0.6 is 0 Å². The van der Waals surface area contributed by atoms with Crippen molar-refractivity contribution in [1.82, 2.24) is 0 Å². The van der Waals surface area contributed by atoms with Crippen LogP contribution in [0.25, 0.3) is 0 Å². The van der Waals surface area contributed by atoms with Crippen LogP contribution < -0.4 is 14.8 Å². The molecule has 1 amide bonds. The summed E-state index contributed by atoms with van der Waals surface area (Å²) in [6.45, 7) is 3.51. The molecule has 0 bridgehead atoms. The van der Waals surface area contributed by atoms with Gasteiger partial charge in [0.25, 0.3) is 5.91 Å². The van der Waals surface area contributed by atoms with Crippen LogP contribution in [0.2, 0.25) is 0 Å². The first kappa shape index (κ1) is 17.9. The number of aromatic hydroxyl groups is 1. The van der Waals surface area contributed by atoms with Gasteiger partial charge < -0.3 is 25.0 Å². The molecule has 130 valence electrons. The van der Waals surface area contributed by atoms with Gasteiger partial charge in [-0.3, -0.25) is 4.79 Å². The predicted molar refractivity (Wildman–Crippen MR) is 91.3 cm³/mol. The topological polar surface area (TPSA) is 105 Å². The summed E-state index contributed by atoms with van der Waals surface area (Å²) in [6, 6.07) is 10.4. The fraction of sp³-hybridized carbons (Fsp3) is 0.111. The van der Waals surface area contributed by atoms with Gasteiger partial charge in [0.05, 0.1) is 11.3 Å². The number of carboxylic acid groups (broad SMARTS) is 1. The molecular formula is C18H17NO6. The van der Waals surface area contributed by atoms with E-state index in [0.717, 1.165) is 6.07 Å². The maximum atomic E-state index is 12.0. The average molecular weight is 343 g/mol. The number of carboxylic acids is 1. The highest BCUT2D eigenvalue weighted by Crippen LogP contribution is 2.27. The number of nitrogens with one attached hydrogen (secondary N) is 1. The summed E-state index contributed by atoms with van der Waals surface area (Å²) in [5, 5.41) is 21.1. The van der Waals surface area contributed by atoms with E-state index < -0.39 is 11.9 Å². The molecule has 0 atom stereocenters. The number of ether oxygens (including phenoxy) is 2. The van der Waals surface area contributed by atoms with E-state index in [2.05, 4.69) is 11.9 Å². The summed E-state index contributed by atoms with van der Waals surface area (Å²) in [4.78, 5) is 22.9. The molecule has 0 aliphatic rings. The zero-order valence-electron chi connectivity index (χ0n) is 13.3. The molecule has 2 aromatic carbocycles. The van der Waals surface area contributed by atoms with Crippen molar-refractivity contribution in [2.24, 2.45) is 0 Å². The highest BCUT2D eigenvalue weighted by atomic mass is 16.5. The molecule has 0 spiro atoms. The maximum absolute atomic E-state index is 12.0. The van der Waals surface area contributed by atoms with Crippen LogP contribution in [0, 0.1) is 0 Å². The van der Waals surface area contributed by atoms with Crippen LogP contribution in [0.15, 0.2) is 55.1 Å². The number of hydrogen-bond acceptors (Lipinski definition) is 5. The number of carbonyl (C=O) groups excluding carboxylic acids is 1. The Hall–Kier alpha value is -3.48. The molecule has 0 saturated carbocycles. The molecule has 7 heteroatoms. The molecule has 3 N–H and O–H groups in total. The van der Waals surface area contributed by atoms with Crippen LogP contribution in [0.4, 0.5) is 5.69 Å². The van der Waals surface area contributed by atoms with E-state index in [9.17, 15) is 14.7 Å². The van der Waals surface area contributed by atoms with Crippen LogP contribution in [0.5, 0.6) is 17.2 Å². The molecule has 0 unspecified atom stereocenters. The first-order chi connectivity index (χ1) is 12.0. The van der Waals surface area contributed by atoms with Gasteiger partial charge in [-0.05, 0) is 30.3 Å². The van der Waals surface area contributed by atoms with E-state index in [0.29, 0.717) is 18.1 Å². The van der Waals surface area contributed by atoms with E-state index in [1.54, 1.807) is 30.3 Å². The SMILES string of the molecule is C=CCOc1ccccc1OCC(=O)Nc1cc(C(=O)O)ccc1O. The Labute approximate surface area is 144 Å². The van der Waals surface area contributed by atoms with Gasteiger partial charge >= 0.3 is 5.97 Å². The van der Waals surface area contributed by atoms with Crippen molar-refractivity contribution in [3.63, 3.8) is 0 Å². The number of amides is 1. The first-order valence-electron chi connectivity index (χ1n) is 7.33. The number of carbonyl (C=O) groups is 2. The first-order valence-corrected chi connectivity index (χ1v) is 7.33. The van der Waals surface area contributed by atoms with Crippen molar-refractivity contribution in [1.29, 1.82) is 0 Å². The maximum Gasteiger partial charge on any atom is 0.335 e. The monoisotopic (exact) mass is 343 g/mol. The Kier molecular flexibility index (Phi) is 6.00. The number of phenols is 1. The number of aromatic carboxylic acids is 1. The van der Waals surface area contributed by atoms with Gasteiger partial charge in [0.2, 0.25) is 0 Å². The van der Waals surface area contributed by atoms with Crippen molar-refractivity contribution in [2.45, 2.75) is 0 Å². The third-order valence-corrected chi connectivity index (χ3v) is 3.08. The van der Waals surface area contributed by atoms with Gasteiger partial charge in [0, 0.05) is 0 Å². The highest BCUT2D eigenvalue weighted by molar-refractivity contribution is 5.96. The van der Waals surface area contributed by atoms with Gasteiger partial charge in [-0.25, -0.2) is 4.79 Å². The molecule has 0 heterocycles. The number of phenolic OH excluding ortho intramolecular Hbond substituents is 1. The Morgan fingerprint density at radius 3 is 2.44 bits per heavy atom. The number of hydrogen-bond donors (Lipinski definition) is 3. The second-order valence-corrected chi connectivity index (χ2v) is 4.92. The Morgan fingerprint density at radius 1 is 1.12 bits per heavy atom. The van der Waals surface area contributed by atoms with E-state index in [1.807, 2.05) is 0 Å². The number of anilines is 1. The second-order valence-electron chi connectivity index (χ2n) is 4.92. The lowest BCUT2D eigenvalue weighted by atomic mass is 10.2. The van der Waals surface area contributed by atoms with Crippen LogP contribution in [0.1, 0.15) is 10.4 Å². The van der Waals surface area contributed by atoms with Crippen molar-refractivity contribution < 1.29 is 29.3 Å². The molecule has 0 fully saturated rings. The standard InChI is InChI=1S/C18H17NO6/c1-2-9-24-15-5-3-4-6-16(15)25-11-17(21)19-13-10-12(18(22)23)7-8-14(13)20/h2-8,10,20H,1,9,11H2,(H,19,21)(H,22,23). The minimum absolute atomic E-state index is 0.00954. The molecule has 0 saturated heterocycles. The largest absolute Gasteiger partial charge is 0.506 e. The summed E-state index contributed by atoms with van der Waals surface area (Å²) in [6.07, 6.45) is 1.59. The van der Waals surface area contributed by atoms with E-state index in [1.165, 1.54) is 12.1 Å². The normalized spacial score (nSPS) is 9.92. The van der Waals surface area contributed by atoms with Crippen LogP contribution in [0.3, 0.4) is 0 Å². The third kappa shape index (κ3) is 5.00. The minimum atomic E-state index is -1.17. The molecule has 0 aromatic heterocycles. The van der Waals surface area contributed by atoms with Crippen LogP contribution in [-0.4, -0.2) is 35.3 Å². The molecule has 0 radical (unpaired) electrons. The zero-order chi connectivity index (χ0) is 18.2. The lowest BCUT2D eigenvalue weighted by Crippen LogP contribution is -2.20. The van der Waals surface area contributed by atoms with Crippen molar-refractivity contribution in [2.75, 3.05) is 18.5 Å². The van der Waals surface area contributed by atoms with Gasteiger partial charge in [-0.15, -0.1) is 0 Å². The Bertz CT molecular complexity index is 787. The number of rotatable bonds is 8. The minimum Gasteiger partial charge on any atom is -0.506 e. The fourth-order valence-electron chi connectivity index (χ4n) is 1.94. The molecule has 25 heavy (non-hydrogen) atoms. The number of para-hydroxylation sites is 2. The lowest BCUT2D eigenvalue weighted by molar-refractivity contribution is -0.118. The summed E-state index contributed by atoms with van der Waals surface area (Å²) in [7, 11) is 0. The lowest BCUT2D eigenvalue weighted by Gasteiger charge is -2.12. The molecule has 2 rings (SSSR count). The van der Waals surface area contributed by atoms with E-state index >= 15 is 0 Å². The van der Waals surface area contributed by atoms with E-state index in [-0.39, 0.29) is 23.6 Å². The molecular weight excluding hydrogens is 326 g/mol. The van der Waals surface area contributed by atoms with Gasteiger partial charge in [0.15, 0.2) is 18.1 Å². The molecule has 0 aliphatic heterocycles. The van der Waals surface area contributed by atoms with Crippen molar-refractivity contribution in [3.8, 4) is 17.2 Å². The number of benzene rings is 2. The van der Waals surface area contributed by atoms with Gasteiger partial charge in [-0.1, -0.05) is 24.8 Å². The third-order valence-electron chi connectivity index (χ3n) is 3.08. The fourth-order valence-corrected chi connectivity index (χ4v) is 1.94. The van der Waals surface area contributed by atoms with Gasteiger partial charge in [0.1, 0.15) is 12.4 Å². The smallest absolute Gasteiger partial charge is 0.335 e. The molecule has 7 nitrogen and oxygen atoms in total. The van der Waals surface area contributed by atoms with E-state index in [4.69, 9.17) is 14.6 Å².